The van der Waals surface area contributed by atoms with Crippen LogP contribution in [0.3, 0.4) is 0 Å². The van der Waals surface area contributed by atoms with E-state index in [9.17, 15) is 9.59 Å². The molecule has 1 fully saturated rings. The molecule has 84 valence electrons. The molecule has 1 aromatic rings. The molecule has 0 aliphatic heterocycles. The summed E-state index contributed by atoms with van der Waals surface area (Å²) in [6.45, 7) is -0.312. The van der Waals surface area contributed by atoms with Crippen LogP contribution in [0.4, 0.5) is 0 Å². The summed E-state index contributed by atoms with van der Waals surface area (Å²) in [5.74, 6) is -1.20. The molecule has 2 N–H and O–H groups in total. The van der Waals surface area contributed by atoms with Crippen molar-refractivity contribution in [2.45, 2.75) is 18.3 Å². The molecule has 0 spiro atoms. The summed E-state index contributed by atoms with van der Waals surface area (Å²) in [5, 5.41) is 10.9. The maximum Gasteiger partial charge on any atom is 0.322 e. The predicted octanol–water partition coefficient (Wildman–Crippen LogP) is 0.919. The highest BCUT2D eigenvalue weighted by atomic mass is 16.4. The molecule has 1 amide bonds. The first-order valence-corrected chi connectivity index (χ1v) is 5.21. The Morgan fingerprint density at radius 2 is 1.88 bits per heavy atom. The zero-order valence-electron chi connectivity index (χ0n) is 8.77. The Hall–Kier alpha value is -1.84. The van der Waals surface area contributed by atoms with Gasteiger partial charge in [0.15, 0.2) is 0 Å². The van der Waals surface area contributed by atoms with Crippen LogP contribution in [0, 0.1) is 0 Å². The number of aliphatic carboxylic acids is 1. The molecule has 4 nitrogen and oxygen atoms in total. The maximum atomic E-state index is 11.9. The lowest BCUT2D eigenvalue weighted by Crippen LogP contribution is -2.37. The summed E-state index contributed by atoms with van der Waals surface area (Å²) in [5.41, 5.74) is 0.495. The number of hydrogen-bond acceptors (Lipinski definition) is 2. The zero-order chi connectivity index (χ0) is 11.6. The number of amides is 1. The van der Waals surface area contributed by atoms with Crippen molar-refractivity contribution in [3.05, 3.63) is 35.9 Å². The fraction of sp³-hybridized carbons (Fsp3) is 0.333. The van der Waals surface area contributed by atoms with Crippen LogP contribution in [-0.2, 0) is 15.0 Å². The van der Waals surface area contributed by atoms with E-state index < -0.39 is 11.4 Å². The molecule has 4 heteroatoms. The Kier molecular flexibility index (Phi) is 2.64. The Morgan fingerprint density at radius 3 is 2.38 bits per heavy atom. The molecule has 0 saturated heterocycles. The highest BCUT2D eigenvalue weighted by molar-refractivity contribution is 5.93. The Balaban J connectivity index is 2.09. The Bertz CT molecular complexity index is 410. The monoisotopic (exact) mass is 219 g/mol. The van der Waals surface area contributed by atoms with E-state index in [1.807, 2.05) is 30.3 Å². The van der Waals surface area contributed by atoms with Gasteiger partial charge in [0.25, 0.3) is 0 Å². The summed E-state index contributed by atoms with van der Waals surface area (Å²) in [6, 6.07) is 9.50. The first-order valence-electron chi connectivity index (χ1n) is 5.21. The second kappa shape index (κ2) is 3.96. The molecule has 0 atom stereocenters. The van der Waals surface area contributed by atoms with Gasteiger partial charge in [0.05, 0.1) is 5.41 Å². The number of carbonyl (C=O) groups is 2. The van der Waals surface area contributed by atoms with Gasteiger partial charge < -0.3 is 10.4 Å². The number of benzene rings is 1. The van der Waals surface area contributed by atoms with Gasteiger partial charge in [-0.2, -0.15) is 0 Å². The van der Waals surface area contributed by atoms with E-state index in [1.54, 1.807) is 0 Å². The minimum Gasteiger partial charge on any atom is -0.480 e. The van der Waals surface area contributed by atoms with Crippen LogP contribution in [0.15, 0.2) is 30.3 Å². The van der Waals surface area contributed by atoms with Gasteiger partial charge in [-0.3, -0.25) is 9.59 Å². The van der Waals surface area contributed by atoms with Crippen LogP contribution >= 0.6 is 0 Å². The molecule has 0 unspecified atom stereocenters. The number of nitrogens with one attached hydrogen (secondary N) is 1. The molecular weight excluding hydrogens is 206 g/mol. The van der Waals surface area contributed by atoms with Crippen LogP contribution in [0.25, 0.3) is 0 Å². The van der Waals surface area contributed by atoms with Crippen molar-refractivity contribution in [2.75, 3.05) is 6.54 Å². The first kappa shape index (κ1) is 10.7. The van der Waals surface area contributed by atoms with Crippen molar-refractivity contribution >= 4 is 11.9 Å². The fourth-order valence-electron chi connectivity index (χ4n) is 1.85. The van der Waals surface area contributed by atoms with Crippen molar-refractivity contribution in [1.82, 2.24) is 5.32 Å². The minimum atomic E-state index is -1.02. The van der Waals surface area contributed by atoms with Gasteiger partial charge in [-0.1, -0.05) is 30.3 Å². The van der Waals surface area contributed by atoms with Gasteiger partial charge in [0, 0.05) is 0 Å². The molecule has 0 heterocycles. The van der Waals surface area contributed by atoms with Crippen LogP contribution in [-0.4, -0.2) is 23.5 Å². The third-order valence-electron chi connectivity index (χ3n) is 2.91. The zero-order valence-corrected chi connectivity index (χ0v) is 8.77. The molecule has 16 heavy (non-hydrogen) atoms. The van der Waals surface area contributed by atoms with E-state index in [-0.39, 0.29) is 12.5 Å². The number of rotatable bonds is 4. The van der Waals surface area contributed by atoms with Gasteiger partial charge in [-0.05, 0) is 18.4 Å². The van der Waals surface area contributed by atoms with Crippen molar-refractivity contribution in [1.29, 1.82) is 0 Å². The highest BCUT2D eigenvalue weighted by Crippen LogP contribution is 2.48. The first-order chi connectivity index (χ1) is 7.65. The third-order valence-corrected chi connectivity index (χ3v) is 2.91. The average Bonchev–Trinajstić information content (AvgIpc) is 3.08. The molecule has 0 radical (unpaired) electrons. The van der Waals surface area contributed by atoms with Crippen molar-refractivity contribution in [3.8, 4) is 0 Å². The summed E-state index contributed by atoms with van der Waals surface area (Å²) in [4.78, 5) is 22.2. The standard InChI is InChI=1S/C12H13NO3/c14-10(15)8-13-11(16)12(6-7-12)9-4-2-1-3-5-9/h1-5H,6-8H2,(H,13,16)(H,14,15). The van der Waals surface area contributed by atoms with Gasteiger partial charge in [-0.25, -0.2) is 0 Å². The topological polar surface area (TPSA) is 66.4 Å². The van der Waals surface area contributed by atoms with E-state index in [4.69, 9.17) is 5.11 Å². The lowest BCUT2D eigenvalue weighted by atomic mass is 9.95. The SMILES string of the molecule is O=C(O)CNC(=O)C1(c2ccccc2)CC1. The summed E-state index contributed by atoms with van der Waals surface area (Å²) in [6.07, 6.45) is 1.59. The molecular formula is C12H13NO3. The fourth-order valence-corrected chi connectivity index (χ4v) is 1.85. The second-order valence-corrected chi connectivity index (χ2v) is 4.02. The smallest absolute Gasteiger partial charge is 0.322 e. The number of carboxylic acid groups (broad SMARTS) is 1. The second-order valence-electron chi connectivity index (χ2n) is 4.02. The largest absolute Gasteiger partial charge is 0.480 e. The number of carbonyl (C=O) groups excluding carboxylic acids is 1. The lowest BCUT2D eigenvalue weighted by Gasteiger charge is -2.14. The van der Waals surface area contributed by atoms with E-state index in [1.165, 1.54) is 0 Å². The van der Waals surface area contributed by atoms with Gasteiger partial charge in [-0.15, -0.1) is 0 Å². The minimum absolute atomic E-state index is 0.180. The van der Waals surface area contributed by atoms with Gasteiger partial charge in [0.2, 0.25) is 5.91 Å². The average molecular weight is 219 g/mol. The highest BCUT2D eigenvalue weighted by Gasteiger charge is 2.51. The van der Waals surface area contributed by atoms with Crippen LogP contribution in [0.1, 0.15) is 18.4 Å². The van der Waals surface area contributed by atoms with E-state index >= 15 is 0 Å². The maximum absolute atomic E-state index is 11.9. The quantitative estimate of drug-likeness (QED) is 0.791. The number of hydrogen-bond donors (Lipinski definition) is 2. The third kappa shape index (κ3) is 1.91. The van der Waals surface area contributed by atoms with Crippen molar-refractivity contribution in [2.24, 2.45) is 0 Å². The van der Waals surface area contributed by atoms with Crippen molar-refractivity contribution < 1.29 is 14.7 Å². The molecule has 2 rings (SSSR count). The Labute approximate surface area is 93.3 Å². The summed E-state index contributed by atoms with van der Waals surface area (Å²) < 4.78 is 0. The molecule has 1 aromatic carbocycles. The number of carboxylic acids is 1. The van der Waals surface area contributed by atoms with E-state index in [0.717, 1.165) is 18.4 Å². The van der Waals surface area contributed by atoms with Gasteiger partial charge >= 0.3 is 5.97 Å². The van der Waals surface area contributed by atoms with Crippen LogP contribution < -0.4 is 5.32 Å². The summed E-state index contributed by atoms with van der Waals surface area (Å²) >= 11 is 0. The normalized spacial score (nSPS) is 16.5. The molecule has 1 aliphatic rings. The molecule has 0 aromatic heterocycles. The summed E-state index contributed by atoms with van der Waals surface area (Å²) in [7, 11) is 0. The molecule has 1 aliphatic carbocycles. The lowest BCUT2D eigenvalue weighted by molar-refractivity contribution is -0.138. The van der Waals surface area contributed by atoms with Crippen LogP contribution in [0.2, 0.25) is 0 Å². The van der Waals surface area contributed by atoms with E-state index in [0.29, 0.717) is 0 Å². The van der Waals surface area contributed by atoms with Crippen LogP contribution in [0.5, 0.6) is 0 Å². The predicted molar refractivity (Wildman–Crippen MR) is 58.0 cm³/mol. The molecule has 0 bridgehead atoms. The molecule has 1 saturated carbocycles. The van der Waals surface area contributed by atoms with E-state index in [2.05, 4.69) is 5.32 Å². The van der Waals surface area contributed by atoms with Crippen molar-refractivity contribution in [3.63, 3.8) is 0 Å². The van der Waals surface area contributed by atoms with Gasteiger partial charge in [0.1, 0.15) is 6.54 Å². The Morgan fingerprint density at radius 1 is 1.25 bits per heavy atom.